The van der Waals surface area contributed by atoms with Crippen LogP contribution in [0.1, 0.15) is 36.7 Å². The number of carbonyl (C=O) groups is 3. The fraction of sp³-hybridized carbons (Fsp3) is 0.385. The number of anilines is 1. The van der Waals surface area contributed by atoms with Gasteiger partial charge >= 0.3 is 12.2 Å². The Balaban J connectivity index is 1.54. The zero-order chi connectivity index (χ0) is 28.9. The minimum Gasteiger partial charge on any atom is -0.465 e. The first-order valence-corrected chi connectivity index (χ1v) is 13.9. The lowest BCUT2D eigenvalue weighted by atomic mass is 9.96. The number of rotatable bonds is 2. The van der Waals surface area contributed by atoms with Gasteiger partial charge in [-0.05, 0) is 39.0 Å². The molecule has 10 nitrogen and oxygen atoms in total. The molecule has 0 unspecified atom stereocenters. The number of nitrogens with one attached hydrogen (secondary N) is 1. The number of ether oxygens (including phenoxy) is 2. The van der Waals surface area contributed by atoms with Crippen LogP contribution in [0.2, 0.25) is 10.0 Å². The molecule has 212 valence electrons. The summed E-state index contributed by atoms with van der Waals surface area (Å²) in [4.78, 5) is 44.6. The number of halogens is 3. The van der Waals surface area contributed by atoms with Crippen LogP contribution < -0.4 is 5.32 Å². The summed E-state index contributed by atoms with van der Waals surface area (Å²) < 4.78 is 26.1. The van der Waals surface area contributed by atoms with Crippen molar-refractivity contribution in [3.63, 3.8) is 0 Å². The summed E-state index contributed by atoms with van der Waals surface area (Å²) in [5.74, 6) is -0.873. The average molecular weight is 611 g/mol. The Morgan fingerprint density at radius 3 is 2.70 bits per heavy atom. The molecule has 3 aromatic rings. The summed E-state index contributed by atoms with van der Waals surface area (Å²) >= 11 is 14.5. The van der Waals surface area contributed by atoms with Crippen molar-refractivity contribution in [3.05, 3.63) is 45.2 Å². The first-order chi connectivity index (χ1) is 18.8. The van der Waals surface area contributed by atoms with Gasteiger partial charge in [0.2, 0.25) is 0 Å². The molecule has 2 aliphatic heterocycles. The molecule has 2 aromatic carbocycles. The smallest absolute Gasteiger partial charge is 0.413 e. The average Bonchev–Trinajstić information content (AvgIpc) is 3.28. The lowest BCUT2D eigenvalue weighted by Crippen LogP contribution is -2.58. The third-order valence-electron chi connectivity index (χ3n) is 6.49. The highest BCUT2D eigenvalue weighted by Gasteiger charge is 2.36. The van der Waals surface area contributed by atoms with Crippen molar-refractivity contribution in [3.8, 4) is 11.1 Å². The molecule has 1 saturated heterocycles. The monoisotopic (exact) mass is 610 g/mol. The summed E-state index contributed by atoms with van der Waals surface area (Å²) in [5.41, 5.74) is 0.891. The minimum atomic E-state index is -1.05. The van der Waals surface area contributed by atoms with E-state index in [4.69, 9.17) is 32.7 Å². The molecule has 3 heterocycles. The summed E-state index contributed by atoms with van der Waals surface area (Å²) in [6, 6.07) is 3.79. The molecule has 1 fully saturated rings. The predicted octanol–water partition coefficient (Wildman–Crippen LogP) is 6.09. The molecule has 0 saturated carbocycles. The molecule has 1 atom stereocenters. The number of nitrogens with zero attached hydrogens (tertiary/aromatic N) is 3. The van der Waals surface area contributed by atoms with Gasteiger partial charge in [0, 0.05) is 41.9 Å². The van der Waals surface area contributed by atoms with E-state index in [1.807, 2.05) is 0 Å². The normalized spacial score (nSPS) is 17.6. The van der Waals surface area contributed by atoms with Crippen molar-refractivity contribution < 1.29 is 33.4 Å². The van der Waals surface area contributed by atoms with Crippen LogP contribution in [0, 0.1) is 5.82 Å². The maximum atomic E-state index is 14.8. The van der Waals surface area contributed by atoms with Crippen molar-refractivity contribution >= 4 is 68.0 Å². The number of hydrogen-bond donors (Lipinski definition) is 2. The van der Waals surface area contributed by atoms with Crippen LogP contribution in [-0.2, 0) is 16.1 Å². The maximum absolute atomic E-state index is 14.8. The van der Waals surface area contributed by atoms with Gasteiger partial charge in [0.1, 0.15) is 11.4 Å². The van der Waals surface area contributed by atoms with Crippen LogP contribution in [0.3, 0.4) is 0 Å². The Labute approximate surface area is 242 Å². The summed E-state index contributed by atoms with van der Waals surface area (Å²) in [6.45, 7) is 5.76. The van der Waals surface area contributed by atoms with E-state index in [9.17, 15) is 23.9 Å². The number of hydrogen-bond acceptors (Lipinski definition) is 7. The second-order valence-electron chi connectivity index (χ2n) is 10.4. The van der Waals surface area contributed by atoms with E-state index in [0.717, 1.165) is 11.3 Å². The van der Waals surface area contributed by atoms with Gasteiger partial charge in [-0.1, -0.05) is 34.5 Å². The van der Waals surface area contributed by atoms with E-state index in [2.05, 4.69) is 10.3 Å². The Morgan fingerprint density at radius 1 is 1.25 bits per heavy atom. The number of carboxylic acid groups (broad SMARTS) is 1. The topological polar surface area (TPSA) is 121 Å². The molecule has 3 amide bonds. The lowest BCUT2D eigenvalue weighted by molar-refractivity contribution is 0.00414. The SMILES string of the molecule is CC(C)(C)OC(=O)Nc1nc2c(-c3c(Cl)cc4c(c3Cl)COC[C@H]3CN(C(=O)O)CCN3C4=O)ccc(F)c2s1. The van der Waals surface area contributed by atoms with Crippen LogP contribution in [0.25, 0.3) is 21.3 Å². The number of amides is 3. The van der Waals surface area contributed by atoms with Gasteiger partial charge in [0.15, 0.2) is 5.13 Å². The third kappa shape index (κ3) is 5.40. The van der Waals surface area contributed by atoms with Crippen LogP contribution in [-0.4, -0.2) is 75.9 Å². The van der Waals surface area contributed by atoms with Gasteiger partial charge in [-0.15, -0.1) is 0 Å². The number of fused-ring (bicyclic) bond motifs is 3. The molecular weight excluding hydrogens is 586 g/mol. The van der Waals surface area contributed by atoms with Crippen molar-refractivity contribution in [2.45, 2.75) is 39.0 Å². The second kappa shape index (κ2) is 10.7. The Bertz CT molecular complexity index is 1540. The molecule has 5 rings (SSSR count). The fourth-order valence-electron chi connectivity index (χ4n) is 4.75. The number of carbonyl (C=O) groups excluding carboxylic acids is 2. The molecule has 1 aromatic heterocycles. The molecule has 0 radical (unpaired) electrons. The number of piperazine rings is 1. The Hall–Kier alpha value is -3.19. The highest BCUT2D eigenvalue weighted by Crippen LogP contribution is 2.44. The molecule has 2 aliphatic rings. The van der Waals surface area contributed by atoms with Crippen molar-refractivity contribution in [2.24, 2.45) is 0 Å². The number of aromatic nitrogens is 1. The van der Waals surface area contributed by atoms with Crippen molar-refractivity contribution in [1.82, 2.24) is 14.8 Å². The van der Waals surface area contributed by atoms with Gasteiger partial charge in [-0.2, -0.15) is 0 Å². The first-order valence-electron chi connectivity index (χ1n) is 12.3. The van der Waals surface area contributed by atoms with E-state index in [1.54, 1.807) is 25.7 Å². The summed E-state index contributed by atoms with van der Waals surface area (Å²) in [5, 5.41) is 12.3. The molecule has 2 N–H and O–H groups in total. The van der Waals surface area contributed by atoms with Crippen LogP contribution in [0.15, 0.2) is 18.2 Å². The highest BCUT2D eigenvalue weighted by molar-refractivity contribution is 7.22. The number of benzene rings is 2. The van der Waals surface area contributed by atoms with Gasteiger partial charge in [0.25, 0.3) is 5.91 Å². The Kier molecular flexibility index (Phi) is 7.55. The standard InChI is InChI=1S/C26H25Cl2FN4O6S/c1-26(2,3)39-24(35)31-23-30-20-13(4-5-17(29)21(20)40-23)18-16(27)8-14-15(19(18)28)11-38-10-12-9-32(25(36)37)6-7-33(12)22(14)34/h4-5,8,12H,6-7,9-11H2,1-3H3,(H,36,37)(H,30,31,35)/t12-/m1/s1. The lowest BCUT2D eigenvalue weighted by Gasteiger charge is -2.41. The Morgan fingerprint density at radius 2 is 2.00 bits per heavy atom. The quantitative estimate of drug-likeness (QED) is 0.360. The molecule has 0 aliphatic carbocycles. The van der Waals surface area contributed by atoms with E-state index >= 15 is 0 Å². The van der Waals surface area contributed by atoms with Gasteiger partial charge in [-0.3, -0.25) is 10.1 Å². The zero-order valence-electron chi connectivity index (χ0n) is 21.7. The largest absolute Gasteiger partial charge is 0.465 e. The minimum absolute atomic E-state index is 0.0195. The highest BCUT2D eigenvalue weighted by atomic mass is 35.5. The summed E-state index contributed by atoms with van der Waals surface area (Å²) in [7, 11) is 0. The number of thiazole rings is 1. The molecule has 0 spiro atoms. The van der Waals surface area contributed by atoms with Gasteiger partial charge < -0.3 is 24.4 Å². The van der Waals surface area contributed by atoms with Crippen molar-refractivity contribution in [2.75, 3.05) is 31.6 Å². The second-order valence-corrected chi connectivity index (χ2v) is 12.2. The van der Waals surface area contributed by atoms with E-state index in [0.29, 0.717) is 16.7 Å². The van der Waals surface area contributed by atoms with Gasteiger partial charge in [-0.25, -0.2) is 19.0 Å². The third-order valence-corrected chi connectivity index (χ3v) is 8.19. The van der Waals surface area contributed by atoms with Crippen LogP contribution >= 0.6 is 34.5 Å². The van der Waals surface area contributed by atoms with Gasteiger partial charge in [0.05, 0.1) is 39.5 Å². The molecule has 14 heteroatoms. The maximum Gasteiger partial charge on any atom is 0.413 e. The van der Waals surface area contributed by atoms with Crippen LogP contribution in [0.5, 0.6) is 0 Å². The van der Waals surface area contributed by atoms with Crippen molar-refractivity contribution in [1.29, 1.82) is 0 Å². The summed E-state index contributed by atoms with van der Waals surface area (Å²) in [6.07, 6.45) is -1.79. The molecule has 40 heavy (non-hydrogen) atoms. The van der Waals surface area contributed by atoms with E-state index < -0.39 is 29.6 Å². The predicted molar refractivity (Wildman–Crippen MR) is 149 cm³/mol. The fourth-order valence-corrected chi connectivity index (χ4v) is 6.35. The van der Waals surface area contributed by atoms with Crippen LogP contribution in [0.4, 0.5) is 19.1 Å². The van der Waals surface area contributed by atoms with E-state index in [-0.39, 0.29) is 69.7 Å². The molecular formula is C26H25Cl2FN4O6S. The van der Waals surface area contributed by atoms with E-state index in [1.165, 1.54) is 23.1 Å². The first kappa shape index (κ1) is 28.3. The molecule has 0 bridgehead atoms. The zero-order valence-corrected chi connectivity index (χ0v) is 24.0.